The minimum absolute atomic E-state index is 0.191. The number of rotatable bonds is 7. The SMILES string of the molecule is COc1ccccc1CNC1CC(OCC(C)C)C1(C)C. The molecule has 0 amide bonds. The lowest BCUT2D eigenvalue weighted by molar-refractivity contribution is -0.124. The first-order valence-corrected chi connectivity index (χ1v) is 7.92. The molecule has 1 N–H and O–H groups in total. The summed E-state index contributed by atoms with van der Waals surface area (Å²) in [6.07, 6.45) is 1.46. The molecule has 1 aliphatic carbocycles. The van der Waals surface area contributed by atoms with E-state index in [2.05, 4.69) is 45.1 Å². The third-order valence-corrected chi connectivity index (χ3v) is 4.54. The van der Waals surface area contributed by atoms with Gasteiger partial charge in [0.05, 0.1) is 13.2 Å². The number of methoxy groups -OCH3 is 1. The predicted octanol–water partition coefficient (Wildman–Crippen LogP) is 3.62. The maximum Gasteiger partial charge on any atom is 0.123 e. The first-order valence-electron chi connectivity index (χ1n) is 7.92. The summed E-state index contributed by atoms with van der Waals surface area (Å²) in [5.41, 5.74) is 1.40. The molecule has 0 aromatic heterocycles. The van der Waals surface area contributed by atoms with Crippen molar-refractivity contribution in [1.82, 2.24) is 5.32 Å². The predicted molar refractivity (Wildman–Crippen MR) is 86.6 cm³/mol. The van der Waals surface area contributed by atoms with E-state index in [4.69, 9.17) is 9.47 Å². The second-order valence-corrected chi connectivity index (χ2v) is 7.02. The van der Waals surface area contributed by atoms with Crippen molar-refractivity contribution in [2.75, 3.05) is 13.7 Å². The van der Waals surface area contributed by atoms with Gasteiger partial charge in [0.1, 0.15) is 5.75 Å². The molecule has 2 atom stereocenters. The molecule has 1 saturated carbocycles. The summed E-state index contributed by atoms with van der Waals surface area (Å²) in [7, 11) is 1.72. The van der Waals surface area contributed by atoms with Gasteiger partial charge in [-0.05, 0) is 18.4 Å². The lowest BCUT2D eigenvalue weighted by atomic mass is 9.64. The zero-order chi connectivity index (χ0) is 15.5. The largest absolute Gasteiger partial charge is 0.496 e. The maximum absolute atomic E-state index is 6.02. The molecule has 2 unspecified atom stereocenters. The molecule has 0 bridgehead atoms. The minimum atomic E-state index is 0.191. The molecule has 118 valence electrons. The number of hydrogen-bond donors (Lipinski definition) is 1. The van der Waals surface area contributed by atoms with Crippen molar-refractivity contribution in [1.29, 1.82) is 0 Å². The Morgan fingerprint density at radius 1 is 1.29 bits per heavy atom. The summed E-state index contributed by atoms with van der Waals surface area (Å²) >= 11 is 0. The number of ether oxygens (including phenoxy) is 2. The number of para-hydroxylation sites is 1. The molecule has 3 heteroatoms. The van der Waals surface area contributed by atoms with Gasteiger partial charge in [-0.25, -0.2) is 0 Å². The second kappa shape index (κ2) is 6.80. The van der Waals surface area contributed by atoms with Crippen LogP contribution in [-0.2, 0) is 11.3 Å². The quantitative estimate of drug-likeness (QED) is 0.832. The van der Waals surface area contributed by atoms with Gasteiger partial charge in [0.2, 0.25) is 0 Å². The Kier molecular flexibility index (Phi) is 5.28. The highest BCUT2D eigenvalue weighted by Crippen LogP contribution is 2.43. The average Bonchev–Trinajstić information content (AvgIpc) is 2.45. The number of benzene rings is 1. The molecule has 0 aliphatic heterocycles. The molecule has 0 radical (unpaired) electrons. The maximum atomic E-state index is 6.02. The minimum Gasteiger partial charge on any atom is -0.496 e. The molecule has 3 nitrogen and oxygen atoms in total. The lowest BCUT2D eigenvalue weighted by Gasteiger charge is -2.52. The average molecular weight is 291 g/mol. The van der Waals surface area contributed by atoms with Crippen molar-refractivity contribution >= 4 is 0 Å². The third kappa shape index (κ3) is 3.78. The van der Waals surface area contributed by atoms with Crippen LogP contribution >= 0.6 is 0 Å². The van der Waals surface area contributed by atoms with Gasteiger partial charge >= 0.3 is 0 Å². The lowest BCUT2D eigenvalue weighted by Crippen LogP contribution is -2.60. The van der Waals surface area contributed by atoms with Crippen molar-refractivity contribution in [3.63, 3.8) is 0 Å². The van der Waals surface area contributed by atoms with Crippen LogP contribution in [0.25, 0.3) is 0 Å². The van der Waals surface area contributed by atoms with Crippen molar-refractivity contribution < 1.29 is 9.47 Å². The molecule has 0 saturated heterocycles. The Morgan fingerprint density at radius 3 is 2.62 bits per heavy atom. The fourth-order valence-electron chi connectivity index (χ4n) is 2.91. The normalized spacial score (nSPS) is 23.9. The topological polar surface area (TPSA) is 30.5 Å². The van der Waals surface area contributed by atoms with Gasteiger partial charge in [-0.3, -0.25) is 0 Å². The van der Waals surface area contributed by atoms with Crippen molar-refractivity contribution in [2.24, 2.45) is 11.3 Å². The Hall–Kier alpha value is -1.06. The van der Waals surface area contributed by atoms with E-state index in [0.717, 1.165) is 25.3 Å². The van der Waals surface area contributed by atoms with Gasteiger partial charge in [-0.2, -0.15) is 0 Å². The molecular formula is C18H29NO2. The van der Waals surface area contributed by atoms with Crippen LogP contribution in [0, 0.1) is 11.3 Å². The Bertz CT molecular complexity index is 456. The van der Waals surface area contributed by atoms with Gasteiger partial charge in [0, 0.05) is 30.2 Å². The summed E-state index contributed by atoms with van der Waals surface area (Å²) in [5.74, 6) is 1.55. The van der Waals surface area contributed by atoms with E-state index in [9.17, 15) is 0 Å². The summed E-state index contributed by atoms with van der Waals surface area (Å²) in [4.78, 5) is 0. The van der Waals surface area contributed by atoms with E-state index >= 15 is 0 Å². The Labute approximate surface area is 129 Å². The smallest absolute Gasteiger partial charge is 0.123 e. The Morgan fingerprint density at radius 2 is 2.00 bits per heavy atom. The van der Waals surface area contributed by atoms with Crippen molar-refractivity contribution in [3.05, 3.63) is 29.8 Å². The van der Waals surface area contributed by atoms with Gasteiger partial charge in [0.15, 0.2) is 0 Å². The van der Waals surface area contributed by atoms with Crippen LogP contribution in [0.1, 0.15) is 39.7 Å². The van der Waals surface area contributed by atoms with Gasteiger partial charge in [-0.1, -0.05) is 45.9 Å². The highest BCUT2D eigenvalue weighted by Gasteiger charge is 2.48. The molecule has 0 heterocycles. The van der Waals surface area contributed by atoms with Crippen LogP contribution in [-0.4, -0.2) is 25.9 Å². The van der Waals surface area contributed by atoms with E-state index in [0.29, 0.717) is 18.1 Å². The first-order chi connectivity index (χ1) is 9.95. The van der Waals surface area contributed by atoms with Gasteiger partial charge < -0.3 is 14.8 Å². The molecule has 21 heavy (non-hydrogen) atoms. The number of hydrogen-bond acceptors (Lipinski definition) is 3. The molecule has 0 spiro atoms. The van der Waals surface area contributed by atoms with Crippen LogP contribution in [0.15, 0.2) is 24.3 Å². The summed E-state index contributed by atoms with van der Waals surface area (Å²) < 4.78 is 11.4. The van der Waals surface area contributed by atoms with E-state index in [1.54, 1.807) is 7.11 Å². The molecule has 1 aromatic rings. The zero-order valence-corrected chi connectivity index (χ0v) is 14.0. The van der Waals surface area contributed by atoms with Crippen LogP contribution in [0.4, 0.5) is 0 Å². The second-order valence-electron chi connectivity index (χ2n) is 7.02. The first kappa shape index (κ1) is 16.3. The standard InChI is InChI=1S/C18H29NO2/c1-13(2)12-21-17-10-16(18(17,3)4)19-11-14-8-6-7-9-15(14)20-5/h6-9,13,16-17,19H,10-12H2,1-5H3. The molecule has 2 rings (SSSR count). The van der Waals surface area contributed by atoms with Gasteiger partial charge in [-0.15, -0.1) is 0 Å². The molecular weight excluding hydrogens is 262 g/mol. The highest BCUT2D eigenvalue weighted by molar-refractivity contribution is 5.33. The van der Waals surface area contributed by atoms with Crippen molar-refractivity contribution in [2.45, 2.75) is 52.8 Å². The summed E-state index contributed by atoms with van der Waals surface area (Å²) in [6, 6.07) is 8.69. The van der Waals surface area contributed by atoms with Crippen molar-refractivity contribution in [3.8, 4) is 5.75 Å². The fraction of sp³-hybridized carbons (Fsp3) is 0.667. The molecule has 1 aliphatic rings. The van der Waals surface area contributed by atoms with E-state index in [1.807, 2.05) is 12.1 Å². The van der Waals surface area contributed by atoms with Crippen LogP contribution in [0.5, 0.6) is 5.75 Å². The van der Waals surface area contributed by atoms with Gasteiger partial charge in [0.25, 0.3) is 0 Å². The molecule has 1 fully saturated rings. The van der Waals surface area contributed by atoms with Crippen LogP contribution < -0.4 is 10.1 Å². The third-order valence-electron chi connectivity index (χ3n) is 4.54. The van der Waals surface area contributed by atoms with E-state index < -0.39 is 0 Å². The fourth-order valence-corrected chi connectivity index (χ4v) is 2.91. The zero-order valence-electron chi connectivity index (χ0n) is 14.0. The number of nitrogens with one attached hydrogen (secondary N) is 1. The van der Waals surface area contributed by atoms with Crippen LogP contribution in [0.2, 0.25) is 0 Å². The Balaban J connectivity index is 1.85. The monoisotopic (exact) mass is 291 g/mol. The van der Waals surface area contributed by atoms with E-state index in [1.165, 1.54) is 5.56 Å². The molecule has 1 aromatic carbocycles. The summed E-state index contributed by atoms with van der Waals surface area (Å²) in [5, 5.41) is 3.66. The van der Waals surface area contributed by atoms with Crippen LogP contribution in [0.3, 0.4) is 0 Å². The summed E-state index contributed by atoms with van der Waals surface area (Å²) in [6.45, 7) is 10.7. The van der Waals surface area contributed by atoms with E-state index in [-0.39, 0.29) is 5.41 Å². The highest BCUT2D eigenvalue weighted by atomic mass is 16.5.